The van der Waals surface area contributed by atoms with Gasteiger partial charge in [0, 0.05) is 23.2 Å². The molecule has 8 heteroatoms. The fraction of sp³-hybridized carbons (Fsp3) is 0.192. The molecule has 34 heavy (non-hydrogen) atoms. The Morgan fingerprint density at radius 2 is 1.79 bits per heavy atom. The van der Waals surface area contributed by atoms with Gasteiger partial charge in [-0.2, -0.15) is 0 Å². The van der Waals surface area contributed by atoms with Gasteiger partial charge in [-0.05, 0) is 60.0 Å². The average Bonchev–Trinajstić information content (AvgIpc) is 2.84. The summed E-state index contributed by atoms with van der Waals surface area (Å²) in [5.41, 5.74) is 2.57. The first-order valence-electron chi connectivity index (χ1n) is 10.9. The molecule has 4 rings (SSSR count). The summed E-state index contributed by atoms with van der Waals surface area (Å²) in [7, 11) is 0. The number of benzene rings is 3. The Labute approximate surface area is 202 Å². The highest BCUT2D eigenvalue weighted by atomic mass is 35.5. The highest BCUT2D eigenvalue weighted by Gasteiger charge is 2.11. The van der Waals surface area contributed by atoms with Crippen LogP contribution in [0.4, 0.5) is 5.82 Å². The Hall–Kier alpha value is -3.84. The van der Waals surface area contributed by atoms with E-state index in [1.165, 1.54) is 6.33 Å². The van der Waals surface area contributed by atoms with Gasteiger partial charge in [-0.3, -0.25) is 0 Å². The number of fused-ring (bicyclic) bond motifs is 1. The number of carbonyl (C=O) groups is 1. The zero-order chi connectivity index (χ0) is 23.9. The van der Waals surface area contributed by atoms with E-state index in [0.717, 1.165) is 33.3 Å². The van der Waals surface area contributed by atoms with Gasteiger partial charge in [0.25, 0.3) is 0 Å². The molecule has 2 N–H and O–H groups in total. The maximum atomic E-state index is 10.8. The zero-order valence-electron chi connectivity index (χ0n) is 18.6. The third-order valence-electron chi connectivity index (χ3n) is 5.17. The van der Waals surface area contributed by atoms with Gasteiger partial charge < -0.3 is 19.9 Å². The molecule has 0 aliphatic rings. The first kappa shape index (κ1) is 23.3. The number of ether oxygens (including phenoxy) is 2. The fourth-order valence-electron chi connectivity index (χ4n) is 3.58. The lowest BCUT2D eigenvalue weighted by atomic mass is 10.0. The van der Waals surface area contributed by atoms with Crippen LogP contribution in [0.25, 0.3) is 22.0 Å². The summed E-state index contributed by atoms with van der Waals surface area (Å²) in [6.45, 7) is 2.48. The minimum atomic E-state index is -1.05. The van der Waals surface area contributed by atoms with Gasteiger partial charge >= 0.3 is 5.97 Å². The number of halogens is 1. The van der Waals surface area contributed by atoms with Crippen LogP contribution in [0.3, 0.4) is 0 Å². The lowest BCUT2D eigenvalue weighted by Crippen LogP contribution is -2.10. The minimum Gasteiger partial charge on any atom is -0.490 e. The van der Waals surface area contributed by atoms with Gasteiger partial charge in [0.15, 0.2) is 18.1 Å². The van der Waals surface area contributed by atoms with Crippen molar-refractivity contribution in [1.29, 1.82) is 0 Å². The number of hydrogen-bond donors (Lipinski definition) is 2. The van der Waals surface area contributed by atoms with Crippen molar-refractivity contribution in [3.8, 4) is 22.8 Å². The van der Waals surface area contributed by atoms with Crippen molar-refractivity contribution < 1.29 is 19.4 Å². The second-order valence-electron chi connectivity index (χ2n) is 7.53. The van der Waals surface area contributed by atoms with E-state index < -0.39 is 12.6 Å². The van der Waals surface area contributed by atoms with Crippen LogP contribution in [0.2, 0.25) is 5.02 Å². The quantitative estimate of drug-likeness (QED) is 0.313. The Morgan fingerprint density at radius 3 is 2.56 bits per heavy atom. The van der Waals surface area contributed by atoms with E-state index in [0.29, 0.717) is 36.2 Å². The van der Waals surface area contributed by atoms with Crippen LogP contribution < -0.4 is 14.8 Å². The molecule has 0 aliphatic carbocycles. The molecule has 0 unspecified atom stereocenters. The van der Waals surface area contributed by atoms with E-state index in [1.807, 2.05) is 37.3 Å². The van der Waals surface area contributed by atoms with Crippen molar-refractivity contribution in [2.45, 2.75) is 13.3 Å². The molecule has 0 spiro atoms. The Bertz CT molecular complexity index is 1310. The predicted molar refractivity (Wildman–Crippen MR) is 133 cm³/mol. The number of nitrogens with one attached hydrogen (secondary N) is 1. The maximum Gasteiger partial charge on any atom is 0.341 e. The molecule has 0 amide bonds. The number of hydrogen-bond acceptors (Lipinski definition) is 6. The molecule has 1 aromatic heterocycles. The zero-order valence-corrected chi connectivity index (χ0v) is 19.4. The molecule has 3 aromatic carbocycles. The van der Waals surface area contributed by atoms with Gasteiger partial charge in [-0.1, -0.05) is 35.9 Å². The van der Waals surface area contributed by atoms with E-state index in [1.54, 1.807) is 18.2 Å². The molecule has 0 saturated heterocycles. The minimum absolute atomic E-state index is 0.368. The van der Waals surface area contributed by atoms with Crippen molar-refractivity contribution >= 4 is 34.2 Å². The SMILES string of the molecule is CCOc1cc(-c2cc(NCCc3cc4ccccc4cc3Cl)ncn2)ccc1OCC(=O)O. The van der Waals surface area contributed by atoms with Crippen LogP contribution in [-0.2, 0) is 11.2 Å². The molecule has 0 atom stereocenters. The lowest BCUT2D eigenvalue weighted by molar-refractivity contribution is -0.139. The van der Waals surface area contributed by atoms with E-state index in [2.05, 4.69) is 27.4 Å². The van der Waals surface area contributed by atoms with Gasteiger partial charge in [0.1, 0.15) is 12.1 Å². The second kappa shape index (κ2) is 10.9. The van der Waals surface area contributed by atoms with Crippen LogP contribution in [-0.4, -0.2) is 40.8 Å². The molecule has 7 nitrogen and oxygen atoms in total. The molecular weight excluding hydrogens is 454 g/mol. The van der Waals surface area contributed by atoms with E-state index in [-0.39, 0.29) is 0 Å². The van der Waals surface area contributed by atoms with Crippen molar-refractivity contribution in [2.24, 2.45) is 0 Å². The van der Waals surface area contributed by atoms with Crippen LogP contribution in [0.5, 0.6) is 11.5 Å². The summed E-state index contributed by atoms with van der Waals surface area (Å²) in [5, 5.41) is 15.2. The van der Waals surface area contributed by atoms with Crippen LogP contribution >= 0.6 is 11.6 Å². The number of aliphatic carboxylic acids is 1. The standard InChI is InChI=1S/C26H24ClN3O4/c1-2-33-24-13-20(7-8-23(24)34-15-26(31)32)22-14-25(30-16-29-22)28-10-9-19-11-17-5-3-4-6-18(17)12-21(19)27/h3-8,11-14,16H,2,9-10,15H2,1H3,(H,31,32)(H,28,29,30). The number of anilines is 1. The summed E-state index contributed by atoms with van der Waals surface area (Å²) in [6, 6.07) is 19.4. The molecular formula is C26H24ClN3O4. The van der Waals surface area contributed by atoms with E-state index in [9.17, 15) is 4.79 Å². The van der Waals surface area contributed by atoms with E-state index in [4.69, 9.17) is 26.2 Å². The molecule has 174 valence electrons. The first-order valence-corrected chi connectivity index (χ1v) is 11.3. The predicted octanol–water partition coefficient (Wildman–Crippen LogP) is 5.47. The monoisotopic (exact) mass is 477 g/mol. The van der Waals surface area contributed by atoms with Crippen molar-refractivity contribution in [1.82, 2.24) is 9.97 Å². The Morgan fingerprint density at radius 1 is 1.00 bits per heavy atom. The summed E-state index contributed by atoms with van der Waals surface area (Å²) in [6.07, 6.45) is 2.24. The van der Waals surface area contributed by atoms with Gasteiger partial charge in [-0.25, -0.2) is 14.8 Å². The molecule has 4 aromatic rings. The van der Waals surface area contributed by atoms with Crippen molar-refractivity contribution in [3.05, 3.63) is 77.6 Å². The summed E-state index contributed by atoms with van der Waals surface area (Å²) in [4.78, 5) is 19.5. The van der Waals surface area contributed by atoms with Gasteiger partial charge in [0.05, 0.1) is 12.3 Å². The van der Waals surface area contributed by atoms with Crippen LogP contribution in [0, 0.1) is 0 Å². The van der Waals surface area contributed by atoms with Gasteiger partial charge in [-0.15, -0.1) is 0 Å². The number of carboxylic acids is 1. The largest absolute Gasteiger partial charge is 0.490 e. The Balaban J connectivity index is 1.46. The molecule has 0 radical (unpaired) electrons. The lowest BCUT2D eigenvalue weighted by Gasteiger charge is -2.13. The molecule has 0 aliphatic heterocycles. The molecule has 0 saturated carbocycles. The molecule has 1 heterocycles. The summed E-state index contributed by atoms with van der Waals surface area (Å²) >= 11 is 6.48. The third kappa shape index (κ3) is 5.74. The normalized spacial score (nSPS) is 10.8. The number of rotatable bonds is 10. The molecule has 0 bridgehead atoms. The average molecular weight is 478 g/mol. The summed E-state index contributed by atoms with van der Waals surface area (Å²) in [5.74, 6) is 0.460. The second-order valence-corrected chi connectivity index (χ2v) is 7.94. The number of aromatic nitrogens is 2. The number of carboxylic acid groups (broad SMARTS) is 1. The smallest absolute Gasteiger partial charge is 0.341 e. The highest BCUT2D eigenvalue weighted by molar-refractivity contribution is 6.32. The Kier molecular flexibility index (Phi) is 7.44. The maximum absolute atomic E-state index is 10.8. The topological polar surface area (TPSA) is 93.6 Å². The van der Waals surface area contributed by atoms with Crippen LogP contribution in [0.1, 0.15) is 12.5 Å². The molecule has 0 fully saturated rings. The number of nitrogens with zero attached hydrogens (tertiary/aromatic N) is 2. The third-order valence-corrected chi connectivity index (χ3v) is 5.52. The first-order chi connectivity index (χ1) is 16.5. The van der Waals surface area contributed by atoms with Crippen LogP contribution in [0.15, 0.2) is 67.0 Å². The van der Waals surface area contributed by atoms with Crippen molar-refractivity contribution in [2.75, 3.05) is 25.1 Å². The fourth-order valence-corrected chi connectivity index (χ4v) is 3.85. The van der Waals surface area contributed by atoms with E-state index >= 15 is 0 Å². The van der Waals surface area contributed by atoms with Crippen molar-refractivity contribution in [3.63, 3.8) is 0 Å². The summed E-state index contributed by atoms with van der Waals surface area (Å²) < 4.78 is 10.9. The highest BCUT2D eigenvalue weighted by Crippen LogP contribution is 2.32. The van der Waals surface area contributed by atoms with Gasteiger partial charge in [0.2, 0.25) is 0 Å².